The van der Waals surface area contributed by atoms with Gasteiger partial charge in [-0.15, -0.1) is 0 Å². The van der Waals surface area contributed by atoms with Gasteiger partial charge in [0.25, 0.3) is 0 Å². The van der Waals surface area contributed by atoms with Gasteiger partial charge in [0.15, 0.2) is 0 Å². The van der Waals surface area contributed by atoms with E-state index in [-0.39, 0.29) is 24.8 Å². The second-order valence-corrected chi connectivity index (χ2v) is 13.8. The Balaban J connectivity index is 2.03. The number of hydrogen-bond donors (Lipinski definition) is 1. The Hall–Kier alpha value is -2.44. The third-order valence-electron chi connectivity index (χ3n) is 6.02. The van der Waals surface area contributed by atoms with Gasteiger partial charge in [0, 0.05) is 27.6 Å². The lowest BCUT2D eigenvalue weighted by Gasteiger charge is -2.33. The van der Waals surface area contributed by atoms with Crippen LogP contribution in [0, 0.1) is 9.49 Å². The highest BCUT2D eigenvalue weighted by atomic mass is 127. The molecule has 3 aromatic carbocycles. The molecule has 0 aliphatic rings. The summed E-state index contributed by atoms with van der Waals surface area (Å²) in [6.45, 7) is 4.18. The van der Waals surface area contributed by atoms with Crippen LogP contribution in [0.4, 0.5) is 5.69 Å². The number of carbonyl (C=O) groups excluding carboxylic acids is 2. The van der Waals surface area contributed by atoms with E-state index in [4.69, 9.17) is 0 Å². The molecule has 0 spiro atoms. The molecule has 0 saturated heterocycles. The van der Waals surface area contributed by atoms with Gasteiger partial charge in [0.1, 0.15) is 12.6 Å². The fraction of sp³-hybridized carbons (Fsp3) is 0.310. The van der Waals surface area contributed by atoms with Crippen molar-refractivity contribution in [1.29, 1.82) is 0 Å². The molecule has 39 heavy (non-hydrogen) atoms. The number of amides is 2. The fourth-order valence-corrected chi connectivity index (χ4v) is 5.46. The van der Waals surface area contributed by atoms with Gasteiger partial charge in [0.2, 0.25) is 21.8 Å². The highest BCUT2D eigenvalue weighted by Crippen LogP contribution is 2.22. The quantitative estimate of drug-likeness (QED) is 0.259. The molecule has 0 heterocycles. The maximum absolute atomic E-state index is 14.0. The van der Waals surface area contributed by atoms with Crippen molar-refractivity contribution in [2.45, 2.75) is 32.9 Å². The van der Waals surface area contributed by atoms with Crippen LogP contribution in [-0.4, -0.2) is 50.5 Å². The lowest BCUT2D eigenvalue weighted by Crippen LogP contribution is -2.53. The van der Waals surface area contributed by atoms with Gasteiger partial charge in [-0.1, -0.05) is 72.2 Å². The van der Waals surface area contributed by atoms with Crippen molar-refractivity contribution < 1.29 is 18.0 Å². The minimum absolute atomic E-state index is 0.142. The van der Waals surface area contributed by atoms with Crippen molar-refractivity contribution in [1.82, 2.24) is 10.2 Å². The van der Waals surface area contributed by atoms with E-state index >= 15 is 0 Å². The summed E-state index contributed by atoms with van der Waals surface area (Å²) in [5.41, 5.74) is 2.11. The summed E-state index contributed by atoms with van der Waals surface area (Å²) in [4.78, 5) is 29.1. The van der Waals surface area contributed by atoms with Gasteiger partial charge in [-0.2, -0.15) is 0 Å². The Morgan fingerprint density at radius 2 is 1.54 bits per heavy atom. The molecule has 0 saturated carbocycles. The van der Waals surface area contributed by atoms with E-state index in [0.29, 0.717) is 12.2 Å². The third kappa shape index (κ3) is 9.61. The number of nitrogens with one attached hydrogen (secondary N) is 1. The Bertz CT molecular complexity index is 1350. The summed E-state index contributed by atoms with van der Waals surface area (Å²) in [7, 11) is -3.79. The first kappa shape index (κ1) is 31.1. The van der Waals surface area contributed by atoms with E-state index in [1.807, 2.05) is 68.4 Å². The maximum Gasteiger partial charge on any atom is 0.244 e. The maximum atomic E-state index is 14.0. The molecule has 208 valence electrons. The average Bonchev–Trinajstić information content (AvgIpc) is 2.89. The fourth-order valence-electron chi connectivity index (χ4n) is 3.98. The highest BCUT2D eigenvalue weighted by molar-refractivity contribution is 14.1. The first-order valence-corrected chi connectivity index (χ1v) is 16.2. The number of halogens is 2. The van der Waals surface area contributed by atoms with Crippen molar-refractivity contribution in [2.75, 3.05) is 23.7 Å². The largest absolute Gasteiger partial charge is 0.354 e. The zero-order valence-corrected chi connectivity index (χ0v) is 26.7. The molecule has 0 unspecified atom stereocenters. The minimum atomic E-state index is -3.79. The summed E-state index contributed by atoms with van der Waals surface area (Å²) in [5.74, 6) is -0.524. The van der Waals surface area contributed by atoms with Crippen LogP contribution in [0.3, 0.4) is 0 Å². The minimum Gasteiger partial charge on any atom is -0.354 e. The van der Waals surface area contributed by atoms with Gasteiger partial charge < -0.3 is 10.2 Å². The molecular formula is C29H33BrIN3O4S. The van der Waals surface area contributed by atoms with E-state index in [9.17, 15) is 18.0 Å². The molecule has 0 aromatic heterocycles. The summed E-state index contributed by atoms with van der Waals surface area (Å²) in [6, 6.07) is 23.1. The molecule has 0 aliphatic heterocycles. The first-order valence-electron chi connectivity index (χ1n) is 12.5. The van der Waals surface area contributed by atoms with Crippen LogP contribution in [0.25, 0.3) is 0 Å². The first-order chi connectivity index (χ1) is 18.4. The smallest absolute Gasteiger partial charge is 0.244 e. The lowest BCUT2D eigenvalue weighted by atomic mass is 10.0. The second-order valence-electron chi connectivity index (χ2n) is 9.74. The van der Waals surface area contributed by atoms with E-state index < -0.39 is 28.5 Å². The van der Waals surface area contributed by atoms with Crippen LogP contribution < -0.4 is 9.62 Å². The molecule has 3 aromatic rings. The predicted molar refractivity (Wildman–Crippen MR) is 168 cm³/mol. The Kier molecular flexibility index (Phi) is 11.4. The van der Waals surface area contributed by atoms with E-state index in [2.05, 4.69) is 43.8 Å². The lowest BCUT2D eigenvalue weighted by molar-refractivity contribution is -0.140. The highest BCUT2D eigenvalue weighted by Gasteiger charge is 2.33. The third-order valence-corrected chi connectivity index (χ3v) is 8.40. The van der Waals surface area contributed by atoms with Crippen LogP contribution in [0.2, 0.25) is 0 Å². The van der Waals surface area contributed by atoms with Crippen molar-refractivity contribution >= 4 is 66.0 Å². The number of anilines is 1. The summed E-state index contributed by atoms with van der Waals surface area (Å²) in [5, 5.41) is 2.98. The molecule has 0 fully saturated rings. The normalized spacial score (nSPS) is 12.2. The van der Waals surface area contributed by atoms with E-state index in [0.717, 1.165) is 29.7 Å². The van der Waals surface area contributed by atoms with Gasteiger partial charge in [-0.05, 0) is 76.0 Å². The van der Waals surface area contributed by atoms with Crippen molar-refractivity contribution in [2.24, 2.45) is 5.92 Å². The second kappa shape index (κ2) is 14.3. The molecule has 1 N–H and O–H groups in total. The summed E-state index contributed by atoms with van der Waals surface area (Å²) < 4.78 is 28.5. The Morgan fingerprint density at radius 1 is 0.923 bits per heavy atom. The number of benzene rings is 3. The Labute approximate surface area is 253 Å². The van der Waals surface area contributed by atoms with Crippen LogP contribution >= 0.6 is 38.5 Å². The van der Waals surface area contributed by atoms with Crippen molar-refractivity contribution in [3.63, 3.8) is 0 Å². The van der Waals surface area contributed by atoms with Crippen LogP contribution in [0.15, 0.2) is 83.3 Å². The van der Waals surface area contributed by atoms with Gasteiger partial charge in [-0.3, -0.25) is 13.9 Å². The van der Waals surface area contributed by atoms with Crippen molar-refractivity contribution in [3.8, 4) is 0 Å². The monoisotopic (exact) mass is 725 g/mol. The summed E-state index contributed by atoms with van der Waals surface area (Å²) >= 11 is 5.58. The summed E-state index contributed by atoms with van der Waals surface area (Å²) in [6.07, 6.45) is 1.36. The molecular weight excluding hydrogens is 693 g/mol. The molecule has 3 rings (SSSR count). The molecule has 2 amide bonds. The van der Waals surface area contributed by atoms with E-state index in [1.165, 1.54) is 4.90 Å². The number of carbonyl (C=O) groups is 2. The average molecular weight is 726 g/mol. The number of hydrogen-bond acceptors (Lipinski definition) is 4. The SMILES string of the molecule is CC(C)CNC(=O)[C@H](Cc1ccccc1)N(Cc1ccc(Br)cc1)C(=O)CN(c1ccc(I)cc1)S(C)(=O)=O. The molecule has 0 bridgehead atoms. The predicted octanol–water partition coefficient (Wildman–Crippen LogP) is 5.23. The van der Waals surface area contributed by atoms with Crippen LogP contribution in [0.5, 0.6) is 0 Å². The topological polar surface area (TPSA) is 86.8 Å². The molecule has 7 nitrogen and oxygen atoms in total. The Morgan fingerprint density at radius 3 is 2.10 bits per heavy atom. The zero-order valence-electron chi connectivity index (χ0n) is 22.2. The zero-order chi connectivity index (χ0) is 28.6. The van der Waals surface area contributed by atoms with Gasteiger partial charge >= 0.3 is 0 Å². The van der Waals surface area contributed by atoms with Crippen LogP contribution in [-0.2, 0) is 32.6 Å². The molecule has 10 heteroatoms. The van der Waals surface area contributed by atoms with Gasteiger partial charge in [-0.25, -0.2) is 8.42 Å². The van der Waals surface area contributed by atoms with Crippen molar-refractivity contribution in [3.05, 3.63) is 98.0 Å². The standard InChI is InChI=1S/C29H33BrIN3O4S/c1-21(2)18-32-29(36)27(17-22-7-5-4-6-8-22)33(19-23-9-11-24(30)12-10-23)28(35)20-34(39(3,37)38)26-15-13-25(31)14-16-26/h4-16,21,27H,17-20H2,1-3H3,(H,32,36)/t27-/m0/s1. The number of nitrogens with zero attached hydrogens (tertiary/aromatic N) is 2. The van der Waals surface area contributed by atoms with Crippen LogP contribution in [0.1, 0.15) is 25.0 Å². The van der Waals surface area contributed by atoms with Gasteiger partial charge in [0.05, 0.1) is 11.9 Å². The number of rotatable bonds is 12. The molecule has 0 radical (unpaired) electrons. The molecule has 0 aliphatic carbocycles. The number of sulfonamides is 1. The van der Waals surface area contributed by atoms with E-state index in [1.54, 1.807) is 24.3 Å². The molecule has 1 atom stereocenters.